The number of nitrogens with zero attached hydrogens (tertiary/aromatic N) is 15. The number of hydrogen-bond acceptors (Lipinski definition) is 17. The van der Waals surface area contributed by atoms with Crippen LogP contribution in [0.3, 0.4) is 0 Å². The number of nitrogens with one attached hydrogen (secondary N) is 3. The van der Waals surface area contributed by atoms with E-state index in [0.29, 0.717) is 78.4 Å². The van der Waals surface area contributed by atoms with Gasteiger partial charge in [0.2, 0.25) is 18.2 Å². The second kappa shape index (κ2) is 22.5. The van der Waals surface area contributed by atoms with Gasteiger partial charge in [-0.25, -0.2) is 44.7 Å². The van der Waals surface area contributed by atoms with Crippen LogP contribution < -0.4 is 9.80 Å². The van der Waals surface area contributed by atoms with Crippen LogP contribution in [0.5, 0.6) is 0 Å². The summed E-state index contributed by atoms with van der Waals surface area (Å²) in [7, 11) is 0. The van der Waals surface area contributed by atoms with E-state index in [1.807, 2.05) is 63.5 Å². The van der Waals surface area contributed by atoms with Crippen LogP contribution in [0.25, 0.3) is 44.8 Å². The molecule has 10 heterocycles. The molecule has 0 unspecified atom stereocenters. The number of fused-ring (bicyclic) bond motifs is 4. The Bertz CT molecular complexity index is 3860. The molecular weight excluding hydrogens is 994 g/mol. The van der Waals surface area contributed by atoms with Gasteiger partial charge in [0.05, 0.1) is 60.3 Å². The summed E-state index contributed by atoms with van der Waals surface area (Å²) in [6.45, 7) is 10.5. The Balaban J connectivity index is 0.000000167. The molecule has 0 radical (unpaired) electrons. The molecule has 386 valence electrons. The van der Waals surface area contributed by atoms with Crippen molar-refractivity contribution >= 4 is 46.1 Å². The first kappa shape index (κ1) is 50.3. The van der Waals surface area contributed by atoms with Gasteiger partial charge in [-0.15, -0.1) is 0 Å². The fourth-order valence-electron chi connectivity index (χ4n) is 7.62. The quantitative estimate of drug-likeness (QED) is 0.112. The van der Waals surface area contributed by atoms with Crippen molar-refractivity contribution in [2.75, 3.05) is 9.80 Å². The summed E-state index contributed by atoms with van der Waals surface area (Å²) in [5.74, 6) is 14.7. The number of aromatic nitrogens is 16. The number of carbonyl (C=O) groups excluding carboxylic acids is 2. The average Bonchev–Trinajstić information content (AvgIpc) is 4.33. The van der Waals surface area contributed by atoms with Gasteiger partial charge in [0, 0.05) is 72.3 Å². The number of anilines is 2. The Hall–Kier alpha value is -10.2. The minimum absolute atomic E-state index is 0.467. The maximum atomic E-state index is 12.4. The van der Waals surface area contributed by atoms with E-state index in [-0.39, 0.29) is 0 Å². The zero-order chi connectivity index (χ0) is 54.8. The molecule has 21 nitrogen and oxygen atoms in total. The molecule has 2 aliphatic rings. The van der Waals surface area contributed by atoms with Gasteiger partial charge in [0.15, 0.2) is 11.6 Å². The molecule has 24 heteroatoms. The summed E-state index contributed by atoms with van der Waals surface area (Å²) in [6.07, 6.45) is 7.63. The van der Waals surface area contributed by atoms with Crippen molar-refractivity contribution in [2.45, 2.75) is 72.6 Å². The molecule has 0 saturated carbocycles. The molecule has 0 spiro atoms. The second-order valence-corrected chi connectivity index (χ2v) is 17.6. The highest BCUT2D eigenvalue weighted by Gasteiger charge is 2.26. The number of aldehydes is 1. The van der Waals surface area contributed by atoms with Crippen molar-refractivity contribution in [3.05, 3.63) is 155 Å². The molecule has 12 rings (SSSR count). The number of hydrogen-bond donors (Lipinski definition) is 3. The van der Waals surface area contributed by atoms with Gasteiger partial charge in [0.25, 0.3) is 0 Å². The van der Waals surface area contributed by atoms with Crippen molar-refractivity contribution in [1.82, 2.24) is 80.2 Å². The summed E-state index contributed by atoms with van der Waals surface area (Å²) in [4.78, 5) is 61.4. The minimum atomic E-state index is -4.64. The lowest BCUT2D eigenvalue weighted by molar-refractivity contribution is -0.156. The van der Waals surface area contributed by atoms with Crippen molar-refractivity contribution < 1.29 is 28.9 Å². The van der Waals surface area contributed by atoms with Crippen molar-refractivity contribution in [1.29, 1.82) is 0 Å². The summed E-state index contributed by atoms with van der Waals surface area (Å²) >= 11 is 0. The zero-order valence-electron chi connectivity index (χ0n) is 42.6. The van der Waals surface area contributed by atoms with E-state index in [1.54, 1.807) is 74.4 Å². The van der Waals surface area contributed by atoms with Gasteiger partial charge in [-0.3, -0.25) is 20.1 Å². The molecule has 0 bridgehead atoms. The van der Waals surface area contributed by atoms with Crippen molar-refractivity contribution in [3.63, 3.8) is 0 Å². The van der Waals surface area contributed by atoms with Crippen LogP contribution in [0.1, 0.15) is 81.0 Å². The number of alkyl halides is 3. The van der Waals surface area contributed by atoms with Gasteiger partial charge >= 0.3 is 12.3 Å². The molecule has 2 aromatic carbocycles. The molecule has 8 aromatic heterocycles. The molecule has 0 fully saturated rings. The Kier molecular flexibility index (Phi) is 14.7. The van der Waals surface area contributed by atoms with Crippen LogP contribution in [-0.4, -0.2) is 104 Å². The Morgan fingerprint density at radius 2 is 1.16 bits per heavy atom. The molecule has 2 aliphatic heterocycles. The van der Waals surface area contributed by atoms with E-state index >= 15 is 0 Å². The number of ether oxygens (including phenoxy) is 1. The van der Waals surface area contributed by atoms with E-state index in [0.717, 1.165) is 56.5 Å². The van der Waals surface area contributed by atoms with Crippen LogP contribution in [0, 0.1) is 23.7 Å². The lowest BCUT2D eigenvalue weighted by atomic mass is 10.1. The van der Waals surface area contributed by atoms with Crippen molar-refractivity contribution in [3.8, 4) is 46.7 Å². The number of aromatic amines is 3. The number of carbonyl (C=O) groups is 2. The lowest BCUT2D eigenvalue weighted by Crippen LogP contribution is -2.27. The molecular formula is C53H45F3N18O3. The van der Waals surface area contributed by atoms with Crippen molar-refractivity contribution in [2.24, 2.45) is 0 Å². The van der Waals surface area contributed by atoms with E-state index < -0.39 is 24.2 Å². The number of benzene rings is 2. The molecule has 0 amide bonds. The van der Waals surface area contributed by atoms with E-state index in [4.69, 9.17) is 10.9 Å². The Morgan fingerprint density at radius 3 is 1.68 bits per heavy atom. The first-order valence-electron chi connectivity index (χ1n) is 24.2. The predicted octanol–water partition coefficient (Wildman–Crippen LogP) is 7.94. The molecule has 77 heavy (non-hydrogen) atoms. The van der Waals surface area contributed by atoms with Gasteiger partial charge in [-0.2, -0.15) is 38.2 Å². The minimum Gasteiger partial charge on any atom is -0.442 e. The largest absolute Gasteiger partial charge is 0.446 e. The SMILES string of the molecule is C(#Cc1ccnc(-c2ccnc(N3Cc4cn[nH]c4C3)n2)n1)c1ccc2[nH]ncc2c1.CC(C)(C)OC(=O)n1ncc2cc(C#Cc3ccnc(-c4ccnc(N5Cc6cn[nH]c6C5)n4)n3)ccc21.O=CC(F)(F)F.[2H]CC. The maximum absolute atomic E-state index is 12.4. The molecule has 0 saturated heterocycles. The zero-order valence-corrected chi connectivity index (χ0v) is 41.6. The number of halogens is 3. The normalized spacial score (nSPS) is 12.5. The fourth-order valence-corrected chi connectivity index (χ4v) is 7.62. The maximum Gasteiger partial charge on any atom is 0.446 e. The first-order valence-corrected chi connectivity index (χ1v) is 23.5. The highest BCUT2D eigenvalue weighted by Crippen LogP contribution is 2.27. The Labute approximate surface area is 438 Å². The molecule has 0 aliphatic carbocycles. The van der Waals surface area contributed by atoms with E-state index in [9.17, 15) is 18.0 Å². The van der Waals surface area contributed by atoms with Crippen LogP contribution in [0.2, 0.25) is 0 Å². The van der Waals surface area contributed by atoms with Crippen LogP contribution in [0.15, 0.2) is 110 Å². The fraction of sp³-hybridized carbons (Fsp3) is 0.208. The van der Waals surface area contributed by atoms with Gasteiger partial charge in [-0.05, 0) is 93.3 Å². The van der Waals surface area contributed by atoms with Crippen LogP contribution in [-0.2, 0) is 35.7 Å². The van der Waals surface area contributed by atoms with Gasteiger partial charge in [-0.1, -0.05) is 25.7 Å². The number of rotatable bonds is 4. The van der Waals surface area contributed by atoms with Crippen LogP contribution in [0.4, 0.5) is 29.9 Å². The average molecular weight is 1040 g/mol. The summed E-state index contributed by atoms with van der Waals surface area (Å²) in [5.41, 5.74) is 9.60. The van der Waals surface area contributed by atoms with E-state index in [2.05, 4.69) is 109 Å². The lowest BCUT2D eigenvalue weighted by Gasteiger charge is -2.19. The smallest absolute Gasteiger partial charge is 0.442 e. The second-order valence-electron chi connectivity index (χ2n) is 17.6. The highest BCUT2D eigenvalue weighted by atomic mass is 19.4. The molecule has 3 N–H and O–H groups in total. The Morgan fingerprint density at radius 1 is 0.649 bits per heavy atom. The van der Waals surface area contributed by atoms with Gasteiger partial charge < -0.3 is 14.5 Å². The third kappa shape index (κ3) is 12.8. The third-order valence-electron chi connectivity index (χ3n) is 11.0. The summed E-state index contributed by atoms with van der Waals surface area (Å²) < 4.78 is 44.1. The molecule has 10 aromatic rings. The summed E-state index contributed by atoms with van der Waals surface area (Å²) in [5, 5.41) is 27.1. The van der Waals surface area contributed by atoms with Gasteiger partial charge in [0.1, 0.15) is 28.4 Å². The predicted molar refractivity (Wildman–Crippen MR) is 276 cm³/mol. The summed E-state index contributed by atoms with van der Waals surface area (Å²) in [6, 6.07) is 18.5. The standard InChI is InChI=1S/C27H23N9O2.C22H15N9.C2HF3O.C2H6/c1-27(2,3)38-26(37)36-23-7-5-17(12-18(23)14-31-36)4-6-20-8-10-28-24(32-20)21-9-11-29-25(33-21)35-15-19-13-30-34-22(19)16-35;1(14-2-4-18-15(9-14)10-25-29-18)3-17-5-7-23-21(27-17)19-6-8-24-22(28-19)31-12-16-11-26-30-20(16)13-31;3-2(4,5)1-6;1-2/h5,7-14H,15-16H2,1-3H3,(H,30,34);2,4-11H,12-13H2,(H,25,29)(H,26,30);1H;1-2H3/i;;;1D. The number of H-pyrrole nitrogens is 3. The first-order chi connectivity index (χ1) is 37.6. The molecule has 0 atom stereocenters. The highest BCUT2D eigenvalue weighted by molar-refractivity contribution is 5.88. The van der Waals surface area contributed by atoms with Crippen LogP contribution >= 0.6 is 0 Å². The van der Waals surface area contributed by atoms with E-state index in [1.165, 1.54) is 4.68 Å². The third-order valence-corrected chi connectivity index (χ3v) is 11.0. The monoisotopic (exact) mass is 1040 g/mol. The topological polar surface area (TPSA) is 257 Å².